The Morgan fingerprint density at radius 3 is 2.45 bits per heavy atom. The number of carbonyl (C=O) groups is 3. The molecule has 0 aromatic heterocycles. The van der Waals surface area contributed by atoms with Crippen molar-refractivity contribution in [3.8, 4) is 11.8 Å². The molecule has 44 heavy (non-hydrogen) atoms. The summed E-state index contributed by atoms with van der Waals surface area (Å²) in [7, 11) is 0. The molecule has 0 spiro atoms. The second-order valence-electron chi connectivity index (χ2n) is 13.6. The van der Waals surface area contributed by atoms with E-state index in [9.17, 15) is 29.8 Å². The Morgan fingerprint density at radius 1 is 1.16 bits per heavy atom. The van der Waals surface area contributed by atoms with E-state index in [-0.39, 0.29) is 35.2 Å². The molecule has 2 amide bonds. The van der Waals surface area contributed by atoms with Gasteiger partial charge in [0.15, 0.2) is 0 Å². The molecule has 4 aliphatic carbocycles. The molecular formula is C31H40N4O8S. The maximum atomic E-state index is 13.8. The van der Waals surface area contributed by atoms with Gasteiger partial charge in [-0.3, -0.25) is 19.8 Å². The number of nitrogens with zero attached hydrogens (tertiary/aromatic N) is 4. The van der Waals surface area contributed by atoms with Crippen LogP contribution >= 0.6 is 11.8 Å². The van der Waals surface area contributed by atoms with Gasteiger partial charge in [-0.1, -0.05) is 0 Å². The van der Waals surface area contributed by atoms with E-state index in [1.165, 1.54) is 24.3 Å². The first-order chi connectivity index (χ1) is 20.8. The molecule has 1 aromatic carbocycles. The van der Waals surface area contributed by atoms with Crippen LogP contribution in [0.2, 0.25) is 0 Å². The summed E-state index contributed by atoms with van der Waals surface area (Å²) >= 11 is 1.75. The van der Waals surface area contributed by atoms with E-state index in [0.717, 1.165) is 44.9 Å². The fraction of sp³-hybridized carbons (Fsp3) is 0.677. The third-order valence-electron chi connectivity index (χ3n) is 9.14. The Morgan fingerprint density at radius 2 is 1.84 bits per heavy atom. The molecule has 2 unspecified atom stereocenters. The van der Waals surface area contributed by atoms with Crippen LogP contribution in [0.4, 0.5) is 15.3 Å². The van der Waals surface area contributed by atoms with Gasteiger partial charge in [0.1, 0.15) is 30.5 Å². The largest absolute Gasteiger partial charge is 0.513 e. The summed E-state index contributed by atoms with van der Waals surface area (Å²) in [6.45, 7) is 6.00. The Balaban J connectivity index is 1.25. The van der Waals surface area contributed by atoms with Gasteiger partial charge in [-0.2, -0.15) is 17.0 Å². The highest BCUT2D eigenvalue weighted by atomic mass is 32.2. The first-order valence-corrected chi connectivity index (χ1v) is 16.2. The Bertz CT molecular complexity index is 1310. The highest BCUT2D eigenvalue weighted by Gasteiger charge is 2.61. The molecule has 1 heterocycles. The zero-order valence-electron chi connectivity index (χ0n) is 25.5. The minimum Gasteiger partial charge on any atom is -0.444 e. The minimum absolute atomic E-state index is 0.104. The molecule has 0 radical (unpaired) electrons. The number of amides is 2. The number of nitro benzene ring substituents is 1. The highest BCUT2D eigenvalue weighted by molar-refractivity contribution is 8.00. The smallest absolute Gasteiger partial charge is 0.444 e. The Labute approximate surface area is 261 Å². The van der Waals surface area contributed by atoms with Gasteiger partial charge in [-0.15, -0.1) is 0 Å². The van der Waals surface area contributed by atoms with E-state index in [0.29, 0.717) is 30.6 Å². The normalized spacial score (nSPS) is 28.7. The van der Waals surface area contributed by atoms with E-state index in [2.05, 4.69) is 6.07 Å². The standard InChI is InChI=1S/C31H40N4O8S/c1-29(2,3)43-27(37)34(19-26(36)33-10-4-5-24(33)18-32)30-14-21-13-22(15-30)17-31(16-21,20-30)44-12-11-41-28(38)42-25-8-6-23(7-9-25)35(39)40/h6-9,21-22,24H,4-5,10-17,19-20H2,1-3H3/t21?,22?,24-,30?,31?/m0/s1. The van der Waals surface area contributed by atoms with Gasteiger partial charge in [0, 0.05) is 34.7 Å². The number of thioether (sulfide) groups is 1. The minimum atomic E-state index is -0.881. The Kier molecular flexibility index (Phi) is 9.03. The quantitative estimate of drug-likeness (QED) is 0.110. The number of benzene rings is 1. The number of hydrogen-bond acceptors (Lipinski definition) is 10. The van der Waals surface area contributed by atoms with Crippen LogP contribution in [-0.2, 0) is 14.3 Å². The predicted molar refractivity (Wildman–Crippen MR) is 161 cm³/mol. The molecule has 6 rings (SSSR count). The maximum absolute atomic E-state index is 13.8. The molecule has 13 heteroatoms. The van der Waals surface area contributed by atoms with E-state index in [4.69, 9.17) is 14.2 Å². The number of likely N-dealkylation sites (tertiary alicyclic amines) is 1. The van der Waals surface area contributed by atoms with Crippen LogP contribution in [-0.4, -0.2) is 80.3 Å². The van der Waals surface area contributed by atoms with E-state index < -0.39 is 34.4 Å². The van der Waals surface area contributed by atoms with Gasteiger partial charge in [0.2, 0.25) is 5.91 Å². The van der Waals surface area contributed by atoms with Crippen LogP contribution in [0, 0.1) is 33.3 Å². The van der Waals surface area contributed by atoms with Crippen molar-refractivity contribution in [2.45, 2.75) is 94.1 Å². The number of non-ortho nitro benzene ring substituents is 1. The van der Waals surface area contributed by atoms with Crippen molar-refractivity contribution in [2.75, 3.05) is 25.4 Å². The van der Waals surface area contributed by atoms with Crippen LogP contribution in [0.5, 0.6) is 5.75 Å². The van der Waals surface area contributed by atoms with Crippen molar-refractivity contribution < 1.29 is 33.5 Å². The van der Waals surface area contributed by atoms with Gasteiger partial charge in [-0.25, -0.2) is 9.59 Å². The lowest BCUT2D eigenvalue weighted by Gasteiger charge is -2.64. The van der Waals surface area contributed by atoms with Crippen molar-refractivity contribution in [3.05, 3.63) is 34.4 Å². The van der Waals surface area contributed by atoms with E-state index in [1.807, 2.05) is 20.8 Å². The number of ether oxygens (including phenoxy) is 3. The van der Waals surface area contributed by atoms with Gasteiger partial charge in [-0.05, 0) is 96.1 Å². The number of rotatable bonds is 9. The molecule has 3 atom stereocenters. The molecule has 1 saturated heterocycles. The van der Waals surface area contributed by atoms with Gasteiger partial charge in [0.25, 0.3) is 5.69 Å². The topological polar surface area (TPSA) is 152 Å². The molecule has 1 aromatic rings. The van der Waals surface area contributed by atoms with Crippen LogP contribution < -0.4 is 4.74 Å². The average molecular weight is 629 g/mol. The molecule has 0 N–H and O–H groups in total. The number of nitriles is 1. The predicted octanol–water partition coefficient (Wildman–Crippen LogP) is 5.69. The molecule has 4 bridgehead atoms. The lowest BCUT2D eigenvalue weighted by atomic mass is 9.52. The van der Waals surface area contributed by atoms with E-state index in [1.54, 1.807) is 21.6 Å². The van der Waals surface area contributed by atoms with Crippen molar-refractivity contribution >= 4 is 35.6 Å². The second-order valence-corrected chi connectivity index (χ2v) is 15.2. The number of hydrogen-bond donors (Lipinski definition) is 0. The zero-order valence-corrected chi connectivity index (χ0v) is 26.3. The molecule has 1 aliphatic heterocycles. The number of carbonyl (C=O) groups excluding carboxylic acids is 3. The fourth-order valence-electron chi connectivity index (χ4n) is 7.93. The lowest BCUT2D eigenvalue weighted by Crippen LogP contribution is -2.67. The van der Waals surface area contributed by atoms with Crippen LogP contribution in [0.1, 0.15) is 72.1 Å². The summed E-state index contributed by atoms with van der Waals surface area (Å²) in [5.41, 5.74) is -1.35. The van der Waals surface area contributed by atoms with Crippen LogP contribution in [0.3, 0.4) is 0 Å². The van der Waals surface area contributed by atoms with Crippen molar-refractivity contribution in [2.24, 2.45) is 11.8 Å². The third-order valence-corrected chi connectivity index (χ3v) is 10.6. The third kappa shape index (κ3) is 7.06. The van der Waals surface area contributed by atoms with Crippen molar-refractivity contribution in [1.29, 1.82) is 5.26 Å². The van der Waals surface area contributed by atoms with Crippen LogP contribution in [0.25, 0.3) is 0 Å². The van der Waals surface area contributed by atoms with E-state index >= 15 is 0 Å². The van der Waals surface area contributed by atoms with Gasteiger partial charge in [0.05, 0.1) is 11.0 Å². The van der Waals surface area contributed by atoms with Gasteiger partial charge >= 0.3 is 12.2 Å². The molecule has 238 valence electrons. The molecular weight excluding hydrogens is 588 g/mol. The highest BCUT2D eigenvalue weighted by Crippen LogP contribution is 2.63. The second kappa shape index (κ2) is 12.5. The molecule has 4 saturated carbocycles. The van der Waals surface area contributed by atoms with Crippen molar-refractivity contribution in [1.82, 2.24) is 9.80 Å². The van der Waals surface area contributed by atoms with Gasteiger partial charge < -0.3 is 19.1 Å². The van der Waals surface area contributed by atoms with Crippen molar-refractivity contribution in [3.63, 3.8) is 0 Å². The lowest BCUT2D eigenvalue weighted by molar-refractivity contribution is -0.384. The summed E-state index contributed by atoms with van der Waals surface area (Å²) in [4.78, 5) is 53.2. The molecule has 12 nitrogen and oxygen atoms in total. The zero-order chi connectivity index (χ0) is 31.7. The number of nitro groups is 1. The summed E-state index contributed by atoms with van der Waals surface area (Å²) < 4.78 is 16.2. The summed E-state index contributed by atoms with van der Waals surface area (Å²) in [6.07, 6.45) is 5.51. The maximum Gasteiger partial charge on any atom is 0.513 e. The Hall–Kier alpha value is -3.53. The first-order valence-electron chi connectivity index (χ1n) is 15.2. The summed E-state index contributed by atoms with van der Waals surface area (Å²) in [6, 6.07) is 6.95. The van der Waals surface area contributed by atoms with Crippen LogP contribution in [0.15, 0.2) is 24.3 Å². The summed E-state index contributed by atoms with van der Waals surface area (Å²) in [5.74, 6) is 1.31. The average Bonchev–Trinajstić information content (AvgIpc) is 3.42. The molecule has 5 aliphatic rings. The summed E-state index contributed by atoms with van der Waals surface area (Å²) in [5, 5.41) is 20.4. The SMILES string of the molecule is CC(C)(C)OC(=O)N(CC(=O)N1CCC[C@H]1C#N)C12CC3CC(CC(SCCOC(=O)Oc4ccc([N+](=O)[O-])cc4)(C3)C1)C2. The first kappa shape index (κ1) is 31.9. The molecule has 5 fully saturated rings. The fourth-order valence-corrected chi connectivity index (χ4v) is 9.61. The monoisotopic (exact) mass is 628 g/mol.